The molecule has 0 aromatic rings. The van der Waals surface area contributed by atoms with Gasteiger partial charge in [0.2, 0.25) is 0 Å². The molecule has 2 heterocycles. The molecule has 9 heavy (non-hydrogen) atoms. The summed E-state index contributed by atoms with van der Waals surface area (Å²) in [5.74, 6) is 0.830. The van der Waals surface area contributed by atoms with E-state index in [0.717, 1.165) is 5.92 Å². The smallest absolute Gasteiger partial charge is 0.0499 e. The Balaban J connectivity index is 2.16. The second-order valence-corrected chi connectivity index (χ2v) is 4.16. The molecule has 0 aromatic heterocycles. The van der Waals surface area contributed by atoms with Crippen LogP contribution in [0.15, 0.2) is 0 Å². The Hall–Kier alpha value is -0.0400. The molecule has 0 radical (unpaired) electrons. The Bertz CT molecular complexity index is 160. The fraction of sp³-hybridized carbons (Fsp3) is 1.00. The Morgan fingerprint density at radius 3 is 1.78 bits per heavy atom. The molecular weight excluding hydrogens is 110 g/mol. The molecule has 0 spiro atoms. The van der Waals surface area contributed by atoms with E-state index in [2.05, 4.69) is 32.6 Å². The predicted molar refractivity (Wildman–Crippen MR) is 38.4 cm³/mol. The van der Waals surface area contributed by atoms with E-state index in [1.54, 1.807) is 0 Å². The van der Waals surface area contributed by atoms with E-state index in [4.69, 9.17) is 0 Å². The van der Waals surface area contributed by atoms with Gasteiger partial charge < -0.3 is 0 Å². The number of nitrogens with zero attached hydrogens (tertiary/aromatic N) is 1. The highest BCUT2D eigenvalue weighted by atomic mass is 15.6. The third-order valence-corrected chi connectivity index (χ3v) is 3.68. The van der Waals surface area contributed by atoms with Gasteiger partial charge in [-0.25, -0.2) is 0 Å². The van der Waals surface area contributed by atoms with Gasteiger partial charge in [0.25, 0.3) is 0 Å². The molecule has 0 N–H and O–H groups in total. The van der Waals surface area contributed by atoms with E-state index >= 15 is 0 Å². The van der Waals surface area contributed by atoms with Crippen molar-refractivity contribution in [3.8, 4) is 0 Å². The van der Waals surface area contributed by atoms with Gasteiger partial charge in [0.05, 0.1) is 0 Å². The molecule has 0 saturated carbocycles. The van der Waals surface area contributed by atoms with Crippen LogP contribution in [-0.2, 0) is 0 Å². The first-order valence-corrected chi connectivity index (χ1v) is 3.81. The Morgan fingerprint density at radius 1 is 1.33 bits per heavy atom. The second kappa shape index (κ2) is 1.07. The zero-order valence-electron chi connectivity index (χ0n) is 6.73. The Kier molecular flexibility index (Phi) is 0.682. The number of hydrogen-bond donors (Lipinski definition) is 0. The maximum absolute atomic E-state index is 2.57. The van der Waals surface area contributed by atoms with Gasteiger partial charge in [-0.3, -0.25) is 4.90 Å². The minimum Gasteiger partial charge on any atom is -0.285 e. The Morgan fingerprint density at radius 2 is 1.78 bits per heavy atom. The lowest BCUT2D eigenvalue weighted by Crippen LogP contribution is -2.32. The third kappa shape index (κ3) is 0.362. The Labute approximate surface area is 57.0 Å². The average Bonchev–Trinajstić information content (AvgIpc) is 2.52. The van der Waals surface area contributed by atoms with Gasteiger partial charge in [-0.1, -0.05) is 13.8 Å². The molecule has 3 unspecified atom stereocenters. The van der Waals surface area contributed by atoms with Crippen molar-refractivity contribution in [1.82, 2.24) is 4.90 Å². The van der Waals surface area contributed by atoms with Crippen LogP contribution in [-0.4, -0.2) is 22.5 Å². The normalized spacial score (nSPS) is 61.7. The highest BCUT2D eigenvalue weighted by Gasteiger charge is 2.82. The summed E-state index contributed by atoms with van der Waals surface area (Å²) < 4.78 is 0. The van der Waals surface area contributed by atoms with Crippen molar-refractivity contribution in [2.45, 2.75) is 38.8 Å². The molecule has 2 rings (SSSR count). The van der Waals surface area contributed by atoms with Crippen LogP contribution in [0.3, 0.4) is 0 Å². The monoisotopic (exact) mass is 125 g/mol. The van der Waals surface area contributed by atoms with Crippen LogP contribution in [0.2, 0.25) is 0 Å². The van der Waals surface area contributed by atoms with Crippen LogP contribution in [0.1, 0.15) is 27.7 Å². The number of rotatable bonds is 1. The minimum atomic E-state index is 0.576. The average molecular weight is 125 g/mol. The molecule has 2 fully saturated rings. The van der Waals surface area contributed by atoms with Crippen molar-refractivity contribution in [3.63, 3.8) is 0 Å². The van der Waals surface area contributed by atoms with Crippen LogP contribution >= 0.6 is 0 Å². The van der Waals surface area contributed by atoms with E-state index in [0.29, 0.717) is 11.1 Å². The topological polar surface area (TPSA) is 3.01 Å². The zero-order valence-corrected chi connectivity index (χ0v) is 6.73. The summed E-state index contributed by atoms with van der Waals surface area (Å²) in [6.07, 6.45) is 0. The van der Waals surface area contributed by atoms with Gasteiger partial charge in [-0.05, 0) is 19.8 Å². The molecule has 0 aliphatic carbocycles. The standard InChI is InChI=1S/C8H15N/c1-6(2)8(4)7(3)5-9(7)8/h6H,5H2,1-4H3. The van der Waals surface area contributed by atoms with Crippen molar-refractivity contribution in [3.05, 3.63) is 0 Å². The van der Waals surface area contributed by atoms with E-state index in [-0.39, 0.29) is 0 Å². The predicted octanol–water partition coefficient (Wildman–Crippen LogP) is 1.49. The SMILES string of the molecule is CC(C)C1(C)N2CC21C. The van der Waals surface area contributed by atoms with Crippen molar-refractivity contribution < 1.29 is 0 Å². The number of hydrogen-bond acceptors (Lipinski definition) is 1. The molecule has 1 heteroatoms. The van der Waals surface area contributed by atoms with Crippen LogP contribution in [0.25, 0.3) is 0 Å². The lowest BCUT2D eigenvalue weighted by molar-refractivity contribution is 0.333. The summed E-state index contributed by atoms with van der Waals surface area (Å²) >= 11 is 0. The van der Waals surface area contributed by atoms with Crippen LogP contribution in [0, 0.1) is 5.92 Å². The fourth-order valence-corrected chi connectivity index (χ4v) is 2.22. The summed E-state index contributed by atoms with van der Waals surface area (Å²) in [5, 5.41) is 0. The molecule has 2 aliphatic heterocycles. The summed E-state index contributed by atoms with van der Waals surface area (Å²) in [6, 6.07) is 0. The summed E-state index contributed by atoms with van der Waals surface area (Å²) in [6.45, 7) is 10.7. The maximum atomic E-state index is 2.57. The van der Waals surface area contributed by atoms with E-state index < -0.39 is 0 Å². The first-order valence-electron chi connectivity index (χ1n) is 3.81. The molecule has 0 bridgehead atoms. The molecule has 0 aromatic carbocycles. The second-order valence-electron chi connectivity index (χ2n) is 4.16. The quantitative estimate of drug-likeness (QED) is 0.480. The van der Waals surface area contributed by atoms with Gasteiger partial charge in [0.1, 0.15) is 0 Å². The first-order chi connectivity index (χ1) is 4.03. The van der Waals surface area contributed by atoms with Crippen LogP contribution in [0.5, 0.6) is 0 Å². The maximum Gasteiger partial charge on any atom is 0.0499 e. The summed E-state index contributed by atoms with van der Waals surface area (Å²) in [5.41, 5.74) is 1.20. The molecule has 2 aliphatic rings. The van der Waals surface area contributed by atoms with Gasteiger partial charge in [0, 0.05) is 17.6 Å². The van der Waals surface area contributed by atoms with Gasteiger partial charge >= 0.3 is 0 Å². The van der Waals surface area contributed by atoms with Gasteiger partial charge in [0.15, 0.2) is 0 Å². The van der Waals surface area contributed by atoms with Crippen LogP contribution in [0.4, 0.5) is 0 Å². The molecule has 2 saturated heterocycles. The highest BCUT2D eigenvalue weighted by molar-refractivity contribution is 5.39. The van der Waals surface area contributed by atoms with Crippen molar-refractivity contribution in [1.29, 1.82) is 0 Å². The lowest BCUT2D eigenvalue weighted by atomic mass is 9.85. The van der Waals surface area contributed by atoms with Crippen molar-refractivity contribution >= 4 is 0 Å². The van der Waals surface area contributed by atoms with E-state index in [1.165, 1.54) is 6.54 Å². The van der Waals surface area contributed by atoms with E-state index in [1.807, 2.05) is 0 Å². The summed E-state index contributed by atoms with van der Waals surface area (Å²) in [4.78, 5) is 2.57. The van der Waals surface area contributed by atoms with Crippen LogP contribution < -0.4 is 0 Å². The molecular formula is C8H15N. The largest absolute Gasteiger partial charge is 0.285 e. The fourth-order valence-electron chi connectivity index (χ4n) is 2.22. The minimum absolute atomic E-state index is 0.576. The highest BCUT2D eigenvalue weighted by Crippen LogP contribution is 2.68. The lowest BCUT2D eigenvalue weighted by Gasteiger charge is -2.22. The van der Waals surface area contributed by atoms with Gasteiger partial charge in [-0.15, -0.1) is 0 Å². The number of fused-ring (bicyclic) bond motifs is 1. The zero-order chi connectivity index (χ0) is 6.86. The molecule has 0 amide bonds. The van der Waals surface area contributed by atoms with Crippen molar-refractivity contribution in [2.75, 3.05) is 6.54 Å². The third-order valence-electron chi connectivity index (χ3n) is 3.68. The molecule has 1 nitrogen and oxygen atoms in total. The molecule has 3 atom stereocenters. The summed E-state index contributed by atoms with van der Waals surface area (Å²) in [7, 11) is 0. The van der Waals surface area contributed by atoms with E-state index in [9.17, 15) is 0 Å². The van der Waals surface area contributed by atoms with Crippen molar-refractivity contribution in [2.24, 2.45) is 5.92 Å². The van der Waals surface area contributed by atoms with Gasteiger partial charge in [-0.2, -0.15) is 0 Å². The molecule has 52 valence electrons. The first kappa shape index (κ1) is 5.72.